The highest BCUT2D eigenvalue weighted by Gasteiger charge is 2.18. The zero-order valence-electron chi connectivity index (χ0n) is 18.2. The summed E-state index contributed by atoms with van der Waals surface area (Å²) in [4.78, 5) is 14.5. The van der Waals surface area contributed by atoms with E-state index in [1.54, 1.807) is 24.5 Å². The van der Waals surface area contributed by atoms with Gasteiger partial charge in [-0.2, -0.15) is 0 Å². The minimum atomic E-state index is -0.155. The number of aryl methyl sites for hydroxylation is 1. The molecule has 1 aliphatic rings. The fourth-order valence-corrected chi connectivity index (χ4v) is 4.41. The highest BCUT2D eigenvalue weighted by molar-refractivity contribution is 7.11. The number of aromatic nitrogens is 1. The predicted molar refractivity (Wildman–Crippen MR) is 124 cm³/mol. The highest BCUT2D eigenvalue weighted by atomic mass is 32.1. The van der Waals surface area contributed by atoms with Crippen molar-refractivity contribution in [2.24, 2.45) is 4.99 Å². The van der Waals surface area contributed by atoms with Crippen LogP contribution in [0.15, 0.2) is 29.4 Å². The SMILES string of the molecule is CCc1cnc(CCNC(=NC)NCc2ccc(N3CCN(CC)CC3)c(F)c2)s1. The second-order valence-electron chi connectivity index (χ2n) is 7.38. The number of hydrogen-bond donors (Lipinski definition) is 2. The summed E-state index contributed by atoms with van der Waals surface area (Å²) < 4.78 is 14.7. The number of aliphatic imine (C=N–C) groups is 1. The summed E-state index contributed by atoms with van der Waals surface area (Å²) in [5.41, 5.74) is 1.60. The van der Waals surface area contributed by atoms with Gasteiger partial charge in [-0.25, -0.2) is 9.37 Å². The molecule has 1 fully saturated rings. The van der Waals surface area contributed by atoms with Crippen LogP contribution in [0, 0.1) is 5.82 Å². The molecule has 1 aliphatic heterocycles. The molecule has 2 heterocycles. The van der Waals surface area contributed by atoms with Gasteiger partial charge in [0.15, 0.2) is 5.96 Å². The summed E-state index contributed by atoms with van der Waals surface area (Å²) in [5.74, 6) is 0.556. The third kappa shape index (κ3) is 6.15. The van der Waals surface area contributed by atoms with Gasteiger partial charge in [0.1, 0.15) is 5.82 Å². The predicted octanol–water partition coefficient (Wildman–Crippen LogP) is 2.89. The van der Waals surface area contributed by atoms with E-state index in [0.29, 0.717) is 18.2 Å². The van der Waals surface area contributed by atoms with E-state index in [2.05, 4.69) is 44.3 Å². The van der Waals surface area contributed by atoms with Crippen molar-refractivity contribution < 1.29 is 4.39 Å². The lowest BCUT2D eigenvalue weighted by Crippen LogP contribution is -2.46. The van der Waals surface area contributed by atoms with Crippen LogP contribution in [0.2, 0.25) is 0 Å². The summed E-state index contributed by atoms with van der Waals surface area (Å²) in [6.45, 7) is 10.4. The van der Waals surface area contributed by atoms with Gasteiger partial charge < -0.3 is 20.4 Å². The van der Waals surface area contributed by atoms with Gasteiger partial charge in [0.25, 0.3) is 0 Å². The Morgan fingerprint density at radius 1 is 1.20 bits per heavy atom. The van der Waals surface area contributed by atoms with Crippen molar-refractivity contribution in [1.82, 2.24) is 20.5 Å². The van der Waals surface area contributed by atoms with E-state index >= 15 is 0 Å². The van der Waals surface area contributed by atoms with Gasteiger partial charge >= 0.3 is 0 Å². The molecule has 0 aliphatic carbocycles. The first-order chi connectivity index (χ1) is 14.6. The monoisotopic (exact) mass is 432 g/mol. The van der Waals surface area contributed by atoms with E-state index in [1.807, 2.05) is 18.3 Å². The lowest BCUT2D eigenvalue weighted by Gasteiger charge is -2.35. The third-order valence-corrected chi connectivity index (χ3v) is 6.64. The van der Waals surface area contributed by atoms with Crippen molar-refractivity contribution in [3.05, 3.63) is 45.7 Å². The number of halogens is 1. The molecule has 8 heteroatoms. The molecule has 6 nitrogen and oxygen atoms in total. The van der Waals surface area contributed by atoms with Crippen LogP contribution in [0.5, 0.6) is 0 Å². The van der Waals surface area contributed by atoms with E-state index in [1.165, 1.54) is 4.88 Å². The molecule has 0 spiro atoms. The number of benzene rings is 1. The molecule has 3 rings (SSSR count). The molecule has 30 heavy (non-hydrogen) atoms. The topological polar surface area (TPSA) is 55.8 Å². The molecule has 1 saturated heterocycles. The quantitative estimate of drug-likeness (QED) is 0.496. The average molecular weight is 433 g/mol. The van der Waals surface area contributed by atoms with Crippen LogP contribution in [0.25, 0.3) is 0 Å². The van der Waals surface area contributed by atoms with Crippen LogP contribution in [0.1, 0.15) is 29.3 Å². The van der Waals surface area contributed by atoms with Gasteiger partial charge in [0.05, 0.1) is 10.7 Å². The van der Waals surface area contributed by atoms with Crippen LogP contribution >= 0.6 is 11.3 Å². The maximum Gasteiger partial charge on any atom is 0.191 e. The molecule has 0 saturated carbocycles. The van der Waals surface area contributed by atoms with Crippen molar-refractivity contribution in [1.29, 1.82) is 0 Å². The zero-order chi connectivity index (χ0) is 21.3. The minimum absolute atomic E-state index is 0.155. The number of anilines is 1. The Morgan fingerprint density at radius 2 is 2.00 bits per heavy atom. The summed E-state index contributed by atoms with van der Waals surface area (Å²) >= 11 is 1.76. The van der Waals surface area contributed by atoms with Gasteiger partial charge in [-0.1, -0.05) is 19.9 Å². The van der Waals surface area contributed by atoms with Gasteiger partial charge in [0.2, 0.25) is 0 Å². The first-order valence-electron chi connectivity index (χ1n) is 10.8. The second kappa shape index (κ2) is 11.3. The Hall–Kier alpha value is -2.19. The number of piperazine rings is 1. The highest BCUT2D eigenvalue weighted by Crippen LogP contribution is 2.22. The average Bonchev–Trinajstić information content (AvgIpc) is 3.24. The number of thiazole rings is 1. The number of nitrogens with zero attached hydrogens (tertiary/aromatic N) is 4. The fraction of sp³-hybridized carbons (Fsp3) is 0.545. The van der Waals surface area contributed by atoms with E-state index < -0.39 is 0 Å². The number of likely N-dealkylation sites (N-methyl/N-ethyl adjacent to an activating group) is 1. The lowest BCUT2D eigenvalue weighted by molar-refractivity contribution is 0.270. The maximum absolute atomic E-state index is 14.7. The number of guanidine groups is 1. The van der Waals surface area contributed by atoms with Crippen molar-refractivity contribution >= 4 is 23.0 Å². The van der Waals surface area contributed by atoms with Gasteiger partial charge in [-0.05, 0) is 30.7 Å². The smallest absolute Gasteiger partial charge is 0.191 e. The van der Waals surface area contributed by atoms with Crippen LogP contribution in [0.3, 0.4) is 0 Å². The molecular weight excluding hydrogens is 399 g/mol. The molecule has 0 bridgehead atoms. The Morgan fingerprint density at radius 3 is 2.63 bits per heavy atom. The van der Waals surface area contributed by atoms with Crippen molar-refractivity contribution in [2.45, 2.75) is 33.2 Å². The molecule has 0 atom stereocenters. The summed E-state index contributed by atoms with van der Waals surface area (Å²) in [7, 11) is 1.74. The molecular formula is C22H33FN6S. The van der Waals surface area contributed by atoms with Crippen LogP contribution in [0.4, 0.5) is 10.1 Å². The maximum atomic E-state index is 14.7. The molecule has 1 aromatic carbocycles. The summed E-state index contributed by atoms with van der Waals surface area (Å²) in [5, 5.41) is 7.70. The first-order valence-corrected chi connectivity index (χ1v) is 11.6. The molecule has 2 aromatic rings. The van der Waals surface area contributed by atoms with E-state index in [4.69, 9.17) is 0 Å². The Bertz CT molecular complexity index is 829. The largest absolute Gasteiger partial charge is 0.367 e. The van der Waals surface area contributed by atoms with E-state index in [9.17, 15) is 4.39 Å². The Labute approximate surface area is 183 Å². The van der Waals surface area contributed by atoms with Crippen molar-refractivity contribution in [3.63, 3.8) is 0 Å². The van der Waals surface area contributed by atoms with Gasteiger partial charge in [-0.15, -0.1) is 11.3 Å². The van der Waals surface area contributed by atoms with Crippen LogP contribution in [-0.4, -0.2) is 62.2 Å². The third-order valence-electron chi connectivity index (χ3n) is 5.44. The molecule has 0 unspecified atom stereocenters. The fourth-order valence-electron chi connectivity index (χ4n) is 3.54. The number of hydrogen-bond acceptors (Lipinski definition) is 5. The zero-order valence-corrected chi connectivity index (χ0v) is 19.1. The lowest BCUT2D eigenvalue weighted by atomic mass is 10.1. The second-order valence-corrected chi connectivity index (χ2v) is 8.58. The van der Waals surface area contributed by atoms with Crippen molar-refractivity contribution in [2.75, 3.05) is 51.2 Å². The normalized spacial score (nSPS) is 15.5. The van der Waals surface area contributed by atoms with Gasteiger partial charge in [0, 0.05) is 63.8 Å². The van der Waals surface area contributed by atoms with Crippen LogP contribution in [-0.2, 0) is 19.4 Å². The van der Waals surface area contributed by atoms with Crippen molar-refractivity contribution in [3.8, 4) is 0 Å². The minimum Gasteiger partial charge on any atom is -0.367 e. The standard InChI is InChI=1S/C22H33FN6S/c1-4-18-16-26-21(30-18)8-9-25-22(24-3)27-15-17-6-7-20(19(23)14-17)29-12-10-28(5-2)11-13-29/h6-7,14,16H,4-5,8-13,15H2,1-3H3,(H2,24,25,27). The summed E-state index contributed by atoms with van der Waals surface area (Å²) in [6, 6.07) is 5.52. The Balaban J connectivity index is 1.46. The van der Waals surface area contributed by atoms with Crippen LogP contribution < -0.4 is 15.5 Å². The number of nitrogens with one attached hydrogen (secondary N) is 2. The molecule has 0 amide bonds. The van der Waals surface area contributed by atoms with Gasteiger partial charge in [-0.3, -0.25) is 4.99 Å². The van der Waals surface area contributed by atoms with E-state index in [0.717, 1.165) is 62.7 Å². The Kier molecular flexibility index (Phi) is 8.45. The molecule has 164 valence electrons. The molecule has 0 radical (unpaired) electrons. The number of rotatable bonds is 8. The summed E-state index contributed by atoms with van der Waals surface area (Å²) in [6.07, 6.45) is 3.84. The first kappa shape index (κ1) is 22.5. The molecule has 1 aromatic heterocycles. The van der Waals surface area contributed by atoms with E-state index in [-0.39, 0.29) is 5.82 Å². The molecule has 2 N–H and O–H groups in total.